The zero-order chi connectivity index (χ0) is 11.1. The third-order valence-electron chi connectivity index (χ3n) is 3.23. The van der Waals surface area contributed by atoms with Crippen LogP contribution in [0.5, 0.6) is 0 Å². The highest BCUT2D eigenvalue weighted by Crippen LogP contribution is 2.12. The molecule has 3 heteroatoms. The first-order chi connectivity index (χ1) is 7.22. The second-order valence-corrected chi connectivity index (χ2v) is 4.74. The van der Waals surface area contributed by atoms with Crippen molar-refractivity contribution >= 4 is 0 Å². The summed E-state index contributed by atoms with van der Waals surface area (Å²) in [5.74, 6) is 0.813. The van der Waals surface area contributed by atoms with E-state index in [0.717, 1.165) is 25.4 Å². The number of nitrogens with one attached hydrogen (secondary N) is 1. The highest BCUT2D eigenvalue weighted by Gasteiger charge is 2.16. The first-order valence-corrected chi connectivity index (χ1v) is 6.33. The Morgan fingerprint density at radius 3 is 2.87 bits per heavy atom. The third kappa shape index (κ3) is 5.50. The van der Waals surface area contributed by atoms with Crippen LogP contribution in [0.15, 0.2) is 0 Å². The first kappa shape index (κ1) is 12.9. The SMILES string of the molecule is CCN(CCC(C)O)CC1CCCNC1. The molecule has 0 aromatic carbocycles. The predicted molar refractivity (Wildman–Crippen MR) is 64.0 cm³/mol. The Hall–Kier alpha value is -0.120. The molecule has 1 aliphatic heterocycles. The van der Waals surface area contributed by atoms with E-state index in [0.29, 0.717) is 0 Å². The van der Waals surface area contributed by atoms with E-state index in [1.165, 1.54) is 32.5 Å². The first-order valence-electron chi connectivity index (χ1n) is 6.33. The summed E-state index contributed by atoms with van der Waals surface area (Å²) < 4.78 is 0. The van der Waals surface area contributed by atoms with Gasteiger partial charge in [0.25, 0.3) is 0 Å². The van der Waals surface area contributed by atoms with Crippen LogP contribution in [0.3, 0.4) is 0 Å². The minimum atomic E-state index is -0.163. The Morgan fingerprint density at radius 2 is 2.33 bits per heavy atom. The number of piperidine rings is 1. The largest absolute Gasteiger partial charge is 0.393 e. The summed E-state index contributed by atoms with van der Waals surface area (Å²) in [7, 11) is 0. The van der Waals surface area contributed by atoms with Crippen LogP contribution in [-0.2, 0) is 0 Å². The second-order valence-electron chi connectivity index (χ2n) is 4.74. The number of aliphatic hydroxyl groups excluding tert-OH is 1. The van der Waals surface area contributed by atoms with Crippen LogP contribution in [0, 0.1) is 5.92 Å². The van der Waals surface area contributed by atoms with E-state index in [9.17, 15) is 5.11 Å². The van der Waals surface area contributed by atoms with Crippen molar-refractivity contribution in [3.8, 4) is 0 Å². The lowest BCUT2D eigenvalue weighted by Crippen LogP contribution is -2.39. The number of hydrogen-bond donors (Lipinski definition) is 2. The Kier molecular flexibility index (Phi) is 6.22. The molecule has 15 heavy (non-hydrogen) atoms. The van der Waals surface area contributed by atoms with E-state index in [4.69, 9.17) is 0 Å². The van der Waals surface area contributed by atoms with Gasteiger partial charge in [-0.1, -0.05) is 6.92 Å². The highest BCUT2D eigenvalue weighted by atomic mass is 16.3. The Labute approximate surface area is 93.9 Å². The molecule has 1 fully saturated rings. The summed E-state index contributed by atoms with van der Waals surface area (Å²) in [5.41, 5.74) is 0. The van der Waals surface area contributed by atoms with Gasteiger partial charge in [-0.15, -0.1) is 0 Å². The molecule has 0 aromatic heterocycles. The molecule has 0 amide bonds. The molecule has 2 unspecified atom stereocenters. The van der Waals surface area contributed by atoms with Gasteiger partial charge in [-0.05, 0) is 51.7 Å². The minimum Gasteiger partial charge on any atom is -0.393 e. The molecular weight excluding hydrogens is 188 g/mol. The number of rotatable bonds is 6. The smallest absolute Gasteiger partial charge is 0.0524 e. The molecule has 2 N–H and O–H groups in total. The van der Waals surface area contributed by atoms with Crippen molar-refractivity contribution in [3.05, 3.63) is 0 Å². The molecule has 1 rings (SSSR count). The average Bonchev–Trinajstić information content (AvgIpc) is 2.25. The van der Waals surface area contributed by atoms with Crippen LogP contribution in [0.4, 0.5) is 0 Å². The maximum absolute atomic E-state index is 9.26. The highest BCUT2D eigenvalue weighted by molar-refractivity contribution is 4.72. The standard InChI is InChI=1S/C12H26N2O/c1-3-14(8-6-11(2)15)10-12-5-4-7-13-9-12/h11-13,15H,3-10H2,1-2H3. The normalized spacial score (nSPS) is 24.4. The lowest BCUT2D eigenvalue weighted by Gasteiger charge is -2.29. The van der Waals surface area contributed by atoms with Gasteiger partial charge >= 0.3 is 0 Å². The van der Waals surface area contributed by atoms with Gasteiger partial charge in [0.1, 0.15) is 0 Å². The fourth-order valence-corrected chi connectivity index (χ4v) is 2.19. The van der Waals surface area contributed by atoms with Gasteiger partial charge < -0.3 is 15.3 Å². The Bertz CT molecular complexity index is 156. The molecule has 1 aliphatic rings. The van der Waals surface area contributed by atoms with Crippen molar-refractivity contribution in [1.29, 1.82) is 0 Å². The van der Waals surface area contributed by atoms with Crippen LogP contribution in [0.1, 0.15) is 33.1 Å². The van der Waals surface area contributed by atoms with Crippen LogP contribution >= 0.6 is 0 Å². The minimum absolute atomic E-state index is 0.163. The van der Waals surface area contributed by atoms with Crippen molar-refractivity contribution in [1.82, 2.24) is 10.2 Å². The third-order valence-corrected chi connectivity index (χ3v) is 3.23. The van der Waals surface area contributed by atoms with Gasteiger partial charge in [-0.3, -0.25) is 0 Å². The van der Waals surface area contributed by atoms with Crippen molar-refractivity contribution < 1.29 is 5.11 Å². The summed E-state index contributed by atoms with van der Waals surface area (Å²) >= 11 is 0. The maximum Gasteiger partial charge on any atom is 0.0524 e. The molecule has 1 heterocycles. The molecular formula is C12H26N2O. The number of hydrogen-bond acceptors (Lipinski definition) is 3. The molecule has 0 saturated carbocycles. The summed E-state index contributed by atoms with van der Waals surface area (Å²) in [6, 6.07) is 0. The average molecular weight is 214 g/mol. The van der Waals surface area contributed by atoms with Crippen LogP contribution in [-0.4, -0.2) is 48.8 Å². The van der Waals surface area contributed by atoms with Gasteiger partial charge in [0, 0.05) is 13.1 Å². The monoisotopic (exact) mass is 214 g/mol. The van der Waals surface area contributed by atoms with Crippen molar-refractivity contribution in [3.63, 3.8) is 0 Å². The fraction of sp³-hybridized carbons (Fsp3) is 1.00. The van der Waals surface area contributed by atoms with E-state index in [-0.39, 0.29) is 6.10 Å². The van der Waals surface area contributed by atoms with Gasteiger partial charge in [-0.2, -0.15) is 0 Å². The summed E-state index contributed by atoms with van der Waals surface area (Å²) in [5, 5.41) is 12.7. The van der Waals surface area contributed by atoms with Crippen LogP contribution in [0.2, 0.25) is 0 Å². The summed E-state index contributed by atoms with van der Waals surface area (Å²) in [6.45, 7) is 9.76. The Morgan fingerprint density at radius 1 is 1.53 bits per heavy atom. The van der Waals surface area contributed by atoms with Crippen LogP contribution < -0.4 is 5.32 Å². The van der Waals surface area contributed by atoms with E-state index in [1.807, 2.05) is 6.92 Å². The molecule has 0 aromatic rings. The fourth-order valence-electron chi connectivity index (χ4n) is 2.19. The zero-order valence-electron chi connectivity index (χ0n) is 10.2. The predicted octanol–water partition coefficient (Wildman–Crippen LogP) is 1.08. The summed E-state index contributed by atoms with van der Waals surface area (Å²) in [4.78, 5) is 2.46. The van der Waals surface area contributed by atoms with Gasteiger partial charge in [-0.25, -0.2) is 0 Å². The van der Waals surface area contributed by atoms with Crippen LogP contribution in [0.25, 0.3) is 0 Å². The van der Waals surface area contributed by atoms with Crippen molar-refractivity contribution in [2.24, 2.45) is 5.92 Å². The molecule has 90 valence electrons. The summed E-state index contributed by atoms with van der Waals surface area (Å²) in [6.07, 6.45) is 3.41. The molecule has 2 atom stereocenters. The van der Waals surface area contributed by atoms with Crippen molar-refractivity contribution in [2.75, 3.05) is 32.7 Å². The van der Waals surface area contributed by atoms with E-state index in [2.05, 4.69) is 17.1 Å². The Balaban J connectivity index is 2.19. The lowest BCUT2D eigenvalue weighted by molar-refractivity contribution is 0.146. The van der Waals surface area contributed by atoms with E-state index in [1.54, 1.807) is 0 Å². The maximum atomic E-state index is 9.26. The molecule has 0 spiro atoms. The van der Waals surface area contributed by atoms with E-state index < -0.39 is 0 Å². The number of nitrogens with zero attached hydrogens (tertiary/aromatic N) is 1. The molecule has 1 saturated heterocycles. The quantitative estimate of drug-likeness (QED) is 0.694. The van der Waals surface area contributed by atoms with Gasteiger partial charge in [0.05, 0.1) is 6.10 Å². The van der Waals surface area contributed by atoms with E-state index >= 15 is 0 Å². The topological polar surface area (TPSA) is 35.5 Å². The molecule has 3 nitrogen and oxygen atoms in total. The van der Waals surface area contributed by atoms with Crippen molar-refractivity contribution in [2.45, 2.75) is 39.2 Å². The molecule has 0 bridgehead atoms. The molecule has 0 aliphatic carbocycles. The second kappa shape index (κ2) is 7.20. The van der Waals surface area contributed by atoms with Gasteiger partial charge in [0.15, 0.2) is 0 Å². The lowest BCUT2D eigenvalue weighted by atomic mass is 9.99. The van der Waals surface area contributed by atoms with Gasteiger partial charge in [0.2, 0.25) is 0 Å². The number of aliphatic hydroxyl groups is 1. The zero-order valence-corrected chi connectivity index (χ0v) is 10.2. The molecule has 0 radical (unpaired) electrons.